The van der Waals surface area contributed by atoms with Crippen LogP contribution in [0.15, 0.2) is 59.5 Å². The number of halogens is 1. The standard InChI is InChI=1S/C21H23ClN2O5S/c1-3-24(4-2)30(27,28)19-10-6-9-18(14-19)23-20(25)15-29-21(26)12-11-16-7-5-8-17(22)13-16/h5-14H,3-4,15H2,1-2H3,(H,23,25)/b12-11+. The number of benzene rings is 2. The van der Waals surface area contributed by atoms with Crippen molar-refractivity contribution in [1.29, 1.82) is 0 Å². The summed E-state index contributed by atoms with van der Waals surface area (Å²) in [6, 6.07) is 12.8. The van der Waals surface area contributed by atoms with Crippen molar-refractivity contribution in [2.75, 3.05) is 25.0 Å². The van der Waals surface area contributed by atoms with Gasteiger partial charge >= 0.3 is 5.97 Å². The lowest BCUT2D eigenvalue weighted by molar-refractivity contribution is -0.142. The maximum absolute atomic E-state index is 12.6. The second kappa shape index (κ2) is 10.9. The van der Waals surface area contributed by atoms with Gasteiger partial charge in [0.15, 0.2) is 6.61 Å². The molecule has 0 radical (unpaired) electrons. The Morgan fingerprint density at radius 2 is 1.80 bits per heavy atom. The molecule has 0 atom stereocenters. The van der Waals surface area contributed by atoms with Gasteiger partial charge in [0.05, 0.1) is 4.90 Å². The number of nitrogens with one attached hydrogen (secondary N) is 1. The van der Waals surface area contributed by atoms with E-state index in [1.807, 2.05) is 0 Å². The Labute approximate surface area is 181 Å². The van der Waals surface area contributed by atoms with Gasteiger partial charge in [-0.3, -0.25) is 4.79 Å². The fourth-order valence-electron chi connectivity index (χ4n) is 2.60. The van der Waals surface area contributed by atoms with Gasteiger partial charge in [0.25, 0.3) is 5.91 Å². The van der Waals surface area contributed by atoms with E-state index in [1.165, 1.54) is 34.7 Å². The summed E-state index contributed by atoms with van der Waals surface area (Å²) in [5, 5.41) is 3.06. The summed E-state index contributed by atoms with van der Waals surface area (Å²) >= 11 is 5.87. The normalized spacial score (nSPS) is 11.6. The van der Waals surface area contributed by atoms with Gasteiger partial charge in [-0.05, 0) is 42.0 Å². The number of amides is 1. The molecule has 0 aliphatic carbocycles. The molecule has 0 fully saturated rings. The number of hydrogen-bond donors (Lipinski definition) is 1. The van der Waals surface area contributed by atoms with E-state index in [4.69, 9.17) is 16.3 Å². The van der Waals surface area contributed by atoms with E-state index in [9.17, 15) is 18.0 Å². The van der Waals surface area contributed by atoms with Gasteiger partial charge in [-0.1, -0.05) is 43.6 Å². The van der Waals surface area contributed by atoms with Crippen LogP contribution >= 0.6 is 11.6 Å². The Morgan fingerprint density at radius 1 is 1.10 bits per heavy atom. The largest absolute Gasteiger partial charge is 0.452 e. The van der Waals surface area contributed by atoms with Crippen molar-refractivity contribution in [3.8, 4) is 0 Å². The van der Waals surface area contributed by atoms with Crippen LogP contribution in [0, 0.1) is 0 Å². The van der Waals surface area contributed by atoms with Gasteiger partial charge in [-0.25, -0.2) is 13.2 Å². The van der Waals surface area contributed by atoms with E-state index >= 15 is 0 Å². The van der Waals surface area contributed by atoms with Crippen molar-refractivity contribution in [2.45, 2.75) is 18.7 Å². The highest BCUT2D eigenvalue weighted by Crippen LogP contribution is 2.19. The molecule has 2 aromatic rings. The number of carbonyl (C=O) groups excluding carboxylic acids is 2. The summed E-state index contributed by atoms with van der Waals surface area (Å²) in [6.07, 6.45) is 2.71. The maximum Gasteiger partial charge on any atom is 0.331 e. The fraction of sp³-hybridized carbons (Fsp3) is 0.238. The monoisotopic (exact) mass is 450 g/mol. The quantitative estimate of drug-likeness (QED) is 0.465. The SMILES string of the molecule is CCN(CC)S(=O)(=O)c1cccc(NC(=O)COC(=O)/C=C/c2cccc(Cl)c2)c1. The molecular formula is C21H23ClN2O5S. The average molecular weight is 451 g/mol. The van der Waals surface area contributed by atoms with Crippen LogP contribution in [0.4, 0.5) is 5.69 Å². The number of nitrogens with zero attached hydrogens (tertiary/aromatic N) is 1. The van der Waals surface area contributed by atoms with Gasteiger partial charge < -0.3 is 10.1 Å². The summed E-state index contributed by atoms with van der Waals surface area (Å²) < 4.78 is 31.4. The van der Waals surface area contributed by atoms with Gasteiger partial charge in [-0.2, -0.15) is 4.31 Å². The molecular weight excluding hydrogens is 428 g/mol. The number of anilines is 1. The molecule has 1 N–H and O–H groups in total. The van der Waals surface area contributed by atoms with Gasteiger partial charge in [-0.15, -0.1) is 0 Å². The molecule has 2 aromatic carbocycles. The van der Waals surface area contributed by atoms with Crippen LogP contribution in [0.25, 0.3) is 6.08 Å². The molecule has 0 aliphatic heterocycles. The average Bonchev–Trinajstić information content (AvgIpc) is 2.71. The molecule has 7 nitrogen and oxygen atoms in total. The van der Waals surface area contributed by atoms with Gasteiger partial charge in [0.1, 0.15) is 0 Å². The second-order valence-corrected chi connectivity index (χ2v) is 8.54. The van der Waals surface area contributed by atoms with Crippen molar-refractivity contribution < 1.29 is 22.7 Å². The molecule has 2 rings (SSSR count). The zero-order valence-electron chi connectivity index (χ0n) is 16.7. The third-order valence-corrected chi connectivity index (χ3v) is 6.35. The number of hydrogen-bond acceptors (Lipinski definition) is 5. The number of carbonyl (C=O) groups is 2. The topological polar surface area (TPSA) is 92.8 Å². The summed E-state index contributed by atoms with van der Waals surface area (Å²) in [7, 11) is -3.64. The van der Waals surface area contributed by atoms with E-state index in [2.05, 4.69) is 5.32 Å². The molecule has 0 spiro atoms. The first-order valence-electron chi connectivity index (χ1n) is 9.26. The number of rotatable bonds is 9. The smallest absolute Gasteiger partial charge is 0.331 e. The minimum absolute atomic E-state index is 0.0745. The number of ether oxygens (including phenoxy) is 1. The van der Waals surface area contributed by atoms with E-state index in [0.29, 0.717) is 23.8 Å². The summed E-state index contributed by atoms with van der Waals surface area (Å²) in [4.78, 5) is 23.9. The van der Waals surface area contributed by atoms with E-state index in [1.54, 1.807) is 44.2 Å². The molecule has 160 valence electrons. The molecule has 1 amide bonds. The fourth-order valence-corrected chi connectivity index (χ4v) is 4.31. The second-order valence-electron chi connectivity index (χ2n) is 6.16. The Kier molecular flexibility index (Phi) is 8.58. The minimum Gasteiger partial charge on any atom is -0.452 e. The molecule has 0 saturated heterocycles. The third-order valence-electron chi connectivity index (χ3n) is 4.07. The molecule has 0 saturated carbocycles. The molecule has 30 heavy (non-hydrogen) atoms. The first kappa shape index (κ1) is 23.6. The zero-order chi connectivity index (χ0) is 22.1. The lowest BCUT2D eigenvalue weighted by Gasteiger charge is -2.18. The first-order chi connectivity index (χ1) is 14.3. The van der Waals surface area contributed by atoms with Crippen LogP contribution in [0.5, 0.6) is 0 Å². The van der Waals surface area contributed by atoms with E-state index in [-0.39, 0.29) is 4.90 Å². The number of sulfonamides is 1. The predicted molar refractivity (Wildman–Crippen MR) is 117 cm³/mol. The van der Waals surface area contributed by atoms with Crippen molar-refractivity contribution in [1.82, 2.24) is 4.31 Å². The highest BCUT2D eigenvalue weighted by Gasteiger charge is 2.21. The molecule has 0 bridgehead atoms. The Balaban J connectivity index is 1.94. The molecule has 0 aliphatic rings. The highest BCUT2D eigenvalue weighted by molar-refractivity contribution is 7.89. The molecule has 0 unspecified atom stereocenters. The lowest BCUT2D eigenvalue weighted by atomic mass is 10.2. The lowest BCUT2D eigenvalue weighted by Crippen LogP contribution is -2.30. The van der Waals surface area contributed by atoms with Crippen LogP contribution in [0.1, 0.15) is 19.4 Å². The van der Waals surface area contributed by atoms with Crippen molar-refractivity contribution in [3.63, 3.8) is 0 Å². The highest BCUT2D eigenvalue weighted by atomic mass is 35.5. The van der Waals surface area contributed by atoms with Crippen molar-refractivity contribution in [3.05, 3.63) is 65.2 Å². The van der Waals surface area contributed by atoms with Crippen molar-refractivity contribution >= 4 is 45.3 Å². The third kappa shape index (κ3) is 6.69. The Hall–Kier alpha value is -2.68. The van der Waals surface area contributed by atoms with E-state index < -0.39 is 28.5 Å². The van der Waals surface area contributed by atoms with Crippen LogP contribution in [0.2, 0.25) is 5.02 Å². The summed E-state index contributed by atoms with van der Waals surface area (Å²) in [5.74, 6) is -1.28. The summed E-state index contributed by atoms with van der Waals surface area (Å²) in [6.45, 7) is 3.68. The molecule has 0 aromatic heterocycles. The van der Waals surface area contributed by atoms with Gasteiger partial charge in [0.2, 0.25) is 10.0 Å². The number of esters is 1. The van der Waals surface area contributed by atoms with E-state index in [0.717, 1.165) is 5.56 Å². The first-order valence-corrected chi connectivity index (χ1v) is 11.1. The van der Waals surface area contributed by atoms with Gasteiger partial charge in [0, 0.05) is 29.9 Å². The van der Waals surface area contributed by atoms with Crippen LogP contribution in [0.3, 0.4) is 0 Å². The van der Waals surface area contributed by atoms with Crippen LogP contribution in [-0.2, 0) is 24.3 Å². The van der Waals surface area contributed by atoms with Crippen molar-refractivity contribution in [2.24, 2.45) is 0 Å². The minimum atomic E-state index is -3.64. The predicted octanol–water partition coefficient (Wildman–Crippen LogP) is 3.57. The van der Waals surface area contributed by atoms with Crippen LogP contribution < -0.4 is 5.32 Å². The maximum atomic E-state index is 12.6. The Bertz CT molecular complexity index is 1030. The molecule has 9 heteroatoms. The Morgan fingerprint density at radius 3 is 2.47 bits per heavy atom. The van der Waals surface area contributed by atoms with Crippen LogP contribution in [-0.4, -0.2) is 44.3 Å². The summed E-state index contributed by atoms with van der Waals surface area (Å²) in [5.41, 5.74) is 1.01. The molecule has 0 heterocycles. The zero-order valence-corrected chi connectivity index (χ0v) is 18.2.